The molecule has 0 fully saturated rings. The summed E-state index contributed by atoms with van der Waals surface area (Å²) in [5.74, 6) is 1.59. The number of nitrogens with one attached hydrogen (secondary N) is 1. The first kappa shape index (κ1) is 17.4. The van der Waals surface area contributed by atoms with Crippen molar-refractivity contribution >= 4 is 45.9 Å². The quantitative estimate of drug-likeness (QED) is 0.403. The Balaban J connectivity index is 1.72. The highest BCUT2D eigenvalue weighted by Gasteiger charge is 2.12. The lowest BCUT2D eigenvalue weighted by molar-refractivity contribution is 0.572. The van der Waals surface area contributed by atoms with Crippen molar-refractivity contribution in [2.45, 2.75) is 6.92 Å². The highest BCUT2D eigenvalue weighted by molar-refractivity contribution is 6.43. The summed E-state index contributed by atoms with van der Waals surface area (Å²) in [4.78, 5) is 7.67. The minimum Gasteiger partial charge on any atom is -0.457 e. The van der Waals surface area contributed by atoms with Gasteiger partial charge in [-0.25, -0.2) is 4.98 Å². The maximum Gasteiger partial charge on any atom is 0.149 e. The molecule has 0 unspecified atom stereocenters. The SMILES string of the molecule is Cc1ccc2nc(C(C#N)=Cc3ccc(-c4cccc(Cl)c4Cl)o3)[nH]c2c1. The molecule has 1 N–H and O–H groups in total. The van der Waals surface area contributed by atoms with Gasteiger partial charge in [0.15, 0.2) is 0 Å². The van der Waals surface area contributed by atoms with Crippen molar-refractivity contribution in [3.05, 3.63) is 75.7 Å². The van der Waals surface area contributed by atoms with E-state index in [1.54, 1.807) is 30.3 Å². The molecule has 27 heavy (non-hydrogen) atoms. The molecule has 0 spiro atoms. The first-order chi connectivity index (χ1) is 13.0. The Morgan fingerprint density at radius 1 is 1.19 bits per heavy atom. The molecule has 0 aliphatic rings. The van der Waals surface area contributed by atoms with Gasteiger partial charge in [-0.2, -0.15) is 5.26 Å². The fourth-order valence-electron chi connectivity index (χ4n) is 2.82. The Hall–Kier alpha value is -3.00. The number of allylic oxidation sites excluding steroid dienone is 1. The van der Waals surface area contributed by atoms with Crippen LogP contribution in [0.25, 0.3) is 34.0 Å². The summed E-state index contributed by atoms with van der Waals surface area (Å²) in [6.07, 6.45) is 1.65. The average molecular weight is 394 g/mol. The van der Waals surface area contributed by atoms with Crippen LogP contribution in [0.15, 0.2) is 52.9 Å². The van der Waals surface area contributed by atoms with Crippen LogP contribution >= 0.6 is 23.2 Å². The first-order valence-corrected chi connectivity index (χ1v) is 8.93. The van der Waals surface area contributed by atoms with Gasteiger partial charge in [0.25, 0.3) is 0 Å². The summed E-state index contributed by atoms with van der Waals surface area (Å²) in [6, 6.07) is 17.0. The van der Waals surface area contributed by atoms with E-state index in [9.17, 15) is 5.26 Å². The number of nitrogens with zero attached hydrogens (tertiary/aromatic N) is 2. The third-order valence-corrected chi connectivity index (χ3v) is 4.96. The maximum atomic E-state index is 9.57. The summed E-state index contributed by atoms with van der Waals surface area (Å²) >= 11 is 12.3. The Labute approximate surface area is 165 Å². The van der Waals surface area contributed by atoms with Gasteiger partial charge in [0, 0.05) is 11.6 Å². The molecule has 0 aliphatic heterocycles. The molecule has 0 aliphatic carbocycles. The van der Waals surface area contributed by atoms with Crippen LogP contribution in [0.3, 0.4) is 0 Å². The van der Waals surface area contributed by atoms with E-state index in [2.05, 4.69) is 16.0 Å². The Morgan fingerprint density at radius 2 is 2.04 bits per heavy atom. The molecular weight excluding hydrogens is 381 g/mol. The van der Waals surface area contributed by atoms with Crippen molar-refractivity contribution in [1.29, 1.82) is 5.26 Å². The second kappa shape index (κ2) is 6.96. The maximum absolute atomic E-state index is 9.57. The second-order valence-electron chi connectivity index (χ2n) is 6.08. The van der Waals surface area contributed by atoms with Crippen molar-refractivity contribution in [2.75, 3.05) is 0 Å². The summed E-state index contributed by atoms with van der Waals surface area (Å²) in [6.45, 7) is 2.01. The molecule has 4 aromatic rings. The van der Waals surface area contributed by atoms with E-state index < -0.39 is 0 Å². The summed E-state index contributed by atoms with van der Waals surface area (Å²) < 4.78 is 5.84. The molecule has 0 saturated carbocycles. The van der Waals surface area contributed by atoms with Gasteiger partial charge < -0.3 is 9.40 Å². The van der Waals surface area contributed by atoms with Gasteiger partial charge >= 0.3 is 0 Å². The van der Waals surface area contributed by atoms with Crippen molar-refractivity contribution in [3.63, 3.8) is 0 Å². The molecule has 2 aromatic heterocycles. The van der Waals surface area contributed by atoms with Crippen LogP contribution in [0, 0.1) is 18.3 Å². The van der Waals surface area contributed by atoms with E-state index in [1.165, 1.54) is 0 Å². The minimum absolute atomic E-state index is 0.377. The van der Waals surface area contributed by atoms with Crippen LogP contribution in [0.2, 0.25) is 10.0 Å². The minimum atomic E-state index is 0.377. The van der Waals surface area contributed by atoms with Crippen molar-refractivity contribution in [1.82, 2.24) is 9.97 Å². The molecule has 0 amide bonds. The van der Waals surface area contributed by atoms with Crippen molar-refractivity contribution in [3.8, 4) is 17.4 Å². The van der Waals surface area contributed by atoms with Crippen LogP contribution in [0.1, 0.15) is 17.1 Å². The molecule has 0 atom stereocenters. The predicted molar refractivity (Wildman–Crippen MR) is 108 cm³/mol. The normalized spacial score (nSPS) is 11.7. The third-order valence-electron chi connectivity index (χ3n) is 4.14. The van der Waals surface area contributed by atoms with E-state index >= 15 is 0 Å². The summed E-state index contributed by atoms with van der Waals surface area (Å²) in [5.41, 5.74) is 3.89. The Bertz CT molecular complexity index is 1230. The number of halogens is 2. The number of benzene rings is 2. The predicted octanol–water partition coefficient (Wildman–Crippen LogP) is 6.50. The standard InChI is InChI=1S/C21H13Cl2N3O/c1-12-5-7-17-18(9-12)26-21(25-17)13(11-24)10-14-6-8-19(27-14)15-3-2-4-16(22)20(15)23/h2-10H,1H3,(H,25,26). The van der Waals surface area contributed by atoms with Crippen LogP contribution in [-0.4, -0.2) is 9.97 Å². The number of nitriles is 1. The van der Waals surface area contributed by atoms with E-state index in [0.29, 0.717) is 38.5 Å². The van der Waals surface area contributed by atoms with Crippen LogP contribution in [-0.2, 0) is 0 Å². The topological polar surface area (TPSA) is 65.6 Å². The summed E-state index contributed by atoms with van der Waals surface area (Å²) in [5, 5.41) is 10.5. The monoisotopic (exact) mass is 393 g/mol. The highest BCUT2D eigenvalue weighted by Crippen LogP contribution is 2.34. The molecule has 4 rings (SSSR count). The third kappa shape index (κ3) is 3.35. The van der Waals surface area contributed by atoms with Crippen molar-refractivity contribution in [2.24, 2.45) is 0 Å². The number of hydrogen-bond acceptors (Lipinski definition) is 3. The lowest BCUT2D eigenvalue weighted by atomic mass is 10.2. The molecule has 2 aromatic carbocycles. The zero-order valence-electron chi connectivity index (χ0n) is 14.3. The molecule has 0 radical (unpaired) electrons. The number of aromatic amines is 1. The van der Waals surface area contributed by atoms with Gasteiger partial charge in [0.05, 0.1) is 26.7 Å². The smallest absolute Gasteiger partial charge is 0.149 e. The zero-order valence-corrected chi connectivity index (χ0v) is 15.8. The fourth-order valence-corrected chi connectivity index (χ4v) is 3.21. The van der Waals surface area contributed by atoms with E-state index in [-0.39, 0.29) is 0 Å². The number of imidazole rings is 1. The Kier molecular flexibility index (Phi) is 4.49. The second-order valence-corrected chi connectivity index (χ2v) is 6.86. The summed E-state index contributed by atoms with van der Waals surface area (Å²) in [7, 11) is 0. The number of furan rings is 1. The molecular formula is C21H13Cl2N3O. The number of aromatic nitrogens is 2. The van der Waals surface area contributed by atoms with Gasteiger partial charge in [-0.3, -0.25) is 0 Å². The van der Waals surface area contributed by atoms with Crippen LogP contribution < -0.4 is 0 Å². The van der Waals surface area contributed by atoms with Gasteiger partial charge in [-0.1, -0.05) is 35.3 Å². The lowest BCUT2D eigenvalue weighted by Crippen LogP contribution is -1.84. The van der Waals surface area contributed by atoms with Gasteiger partial charge in [0.1, 0.15) is 23.4 Å². The molecule has 132 valence electrons. The number of H-pyrrole nitrogens is 1. The van der Waals surface area contributed by atoms with Gasteiger partial charge in [-0.15, -0.1) is 0 Å². The van der Waals surface area contributed by atoms with Gasteiger partial charge in [-0.05, 0) is 48.9 Å². The largest absolute Gasteiger partial charge is 0.457 e. The first-order valence-electron chi connectivity index (χ1n) is 8.18. The average Bonchev–Trinajstić information content (AvgIpc) is 3.28. The number of fused-ring (bicyclic) bond motifs is 1. The molecule has 6 heteroatoms. The van der Waals surface area contributed by atoms with Crippen LogP contribution in [0.4, 0.5) is 0 Å². The molecule has 2 heterocycles. The Morgan fingerprint density at radius 3 is 2.85 bits per heavy atom. The van der Waals surface area contributed by atoms with Crippen LogP contribution in [0.5, 0.6) is 0 Å². The lowest BCUT2D eigenvalue weighted by Gasteiger charge is -2.02. The van der Waals surface area contributed by atoms with E-state index in [1.807, 2.05) is 31.2 Å². The molecule has 0 saturated heterocycles. The van der Waals surface area contributed by atoms with E-state index in [0.717, 1.165) is 16.6 Å². The van der Waals surface area contributed by atoms with E-state index in [4.69, 9.17) is 27.6 Å². The molecule has 4 nitrogen and oxygen atoms in total. The molecule has 0 bridgehead atoms. The van der Waals surface area contributed by atoms with Crippen molar-refractivity contribution < 1.29 is 4.42 Å². The number of hydrogen-bond donors (Lipinski definition) is 1. The number of rotatable bonds is 3. The number of aryl methyl sites for hydroxylation is 1. The highest BCUT2D eigenvalue weighted by atomic mass is 35.5. The fraction of sp³-hybridized carbons (Fsp3) is 0.0476. The van der Waals surface area contributed by atoms with Gasteiger partial charge in [0.2, 0.25) is 0 Å². The zero-order chi connectivity index (χ0) is 19.0.